The lowest BCUT2D eigenvalue weighted by Crippen LogP contribution is -2.15. The maximum absolute atomic E-state index is 5.49. The molecule has 0 saturated carbocycles. The van der Waals surface area contributed by atoms with E-state index in [0.717, 1.165) is 36.4 Å². The highest BCUT2D eigenvalue weighted by Gasteiger charge is 2.08. The first kappa shape index (κ1) is 14.6. The van der Waals surface area contributed by atoms with Crippen LogP contribution in [-0.4, -0.2) is 20.3 Å². The highest BCUT2D eigenvalue weighted by molar-refractivity contribution is 5.62. The van der Waals surface area contributed by atoms with Crippen molar-refractivity contribution in [3.63, 3.8) is 0 Å². The Hall–Kier alpha value is -1.48. The number of nitrogens with one attached hydrogen (secondary N) is 1. The zero-order valence-electron chi connectivity index (χ0n) is 11.6. The van der Waals surface area contributed by atoms with E-state index in [0.29, 0.717) is 12.4 Å². The van der Waals surface area contributed by atoms with E-state index in [1.54, 1.807) is 7.11 Å². The molecule has 0 unspecified atom stereocenters. The van der Waals surface area contributed by atoms with Crippen molar-refractivity contribution < 1.29 is 9.47 Å². The Morgan fingerprint density at radius 3 is 2.72 bits per heavy atom. The van der Waals surface area contributed by atoms with Crippen molar-refractivity contribution in [2.75, 3.05) is 20.3 Å². The van der Waals surface area contributed by atoms with Crippen LogP contribution in [0.15, 0.2) is 24.8 Å². The zero-order chi connectivity index (χ0) is 13.4. The Labute approximate surface area is 110 Å². The van der Waals surface area contributed by atoms with Crippen LogP contribution in [0.25, 0.3) is 5.76 Å². The lowest BCUT2D eigenvalue weighted by molar-refractivity contribution is 0.298. The lowest BCUT2D eigenvalue weighted by Gasteiger charge is -2.14. The van der Waals surface area contributed by atoms with Crippen molar-refractivity contribution in [3.8, 4) is 5.75 Å². The molecule has 0 aromatic heterocycles. The molecule has 0 spiro atoms. The Balaban J connectivity index is 2.89. The van der Waals surface area contributed by atoms with Gasteiger partial charge in [0.1, 0.15) is 11.5 Å². The van der Waals surface area contributed by atoms with Crippen molar-refractivity contribution in [2.24, 2.45) is 0 Å². The number of ether oxygens (including phenoxy) is 2. The smallest absolute Gasteiger partial charge is 0.119 e. The van der Waals surface area contributed by atoms with Gasteiger partial charge in [0.05, 0.1) is 13.7 Å². The Morgan fingerprint density at radius 1 is 1.33 bits per heavy atom. The van der Waals surface area contributed by atoms with E-state index in [4.69, 9.17) is 9.47 Å². The van der Waals surface area contributed by atoms with Crippen LogP contribution in [0.3, 0.4) is 0 Å². The Morgan fingerprint density at radius 2 is 2.11 bits per heavy atom. The van der Waals surface area contributed by atoms with Gasteiger partial charge in [-0.2, -0.15) is 0 Å². The summed E-state index contributed by atoms with van der Waals surface area (Å²) in [6.45, 7) is 10.5. The summed E-state index contributed by atoms with van der Waals surface area (Å²) >= 11 is 0. The summed E-state index contributed by atoms with van der Waals surface area (Å²) in [5, 5.41) is 3.39. The fourth-order valence-corrected chi connectivity index (χ4v) is 1.77. The molecule has 18 heavy (non-hydrogen) atoms. The molecule has 3 nitrogen and oxygen atoms in total. The van der Waals surface area contributed by atoms with E-state index in [1.165, 1.54) is 0 Å². The standard InChI is InChI=1S/C15H23NO2/c1-5-9-16-11-13-10-14(17-4)7-8-15(13)12(3)18-6-2/h7-8,10,16H,3,5-6,9,11H2,1-2,4H3. The third-order valence-electron chi connectivity index (χ3n) is 2.67. The van der Waals surface area contributed by atoms with Gasteiger partial charge in [0, 0.05) is 12.1 Å². The first-order chi connectivity index (χ1) is 8.72. The minimum atomic E-state index is 0.632. The van der Waals surface area contributed by atoms with Crippen molar-refractivity contribution in [2.45, 2.75) is 26.8 Å². The summed E-state index contributed by atoms with van der Waals surface area (Å²) in [5.74, 6) is 1.57. The normalized spacial score (nSPS) is 10.2. The third kappa shape index (κ3) is 4.08. The first-order valence-corrected chi connectivity index (χ1v) is 6.42. The highest BCUT2D eigenvalue weighted by Crippen LogP contribution is 2.23. The van der Waals surface area contributed by atoms with E-state index >= 15 is 0 Å². The Kier molecular flexibility index (Phi) is 6.29. The van der Waals surface area contributed by atoms with Gasteiger partial charge in [0.25, 0.3) is 0 Å². The van der Waals surface area contributed by atoms with Gasteiger partial charge in [-0.15, -0.1) is 0 Å². The second-order valence-electron chi connectivity index (χ2n) is 4.06. The molecule has 1 aromatic carbocycles. The number of methoxy groups -OCH3 is 1. The van der Waals surface area contributed by atoms with Gasteiger partial charge in [0.2, 0.25) is 0 Å². The first-order valence-electron chi connectivity index (χ1n) is 6.42. The van der Waals surface area contributed by atoms with E-state index in [1.807, 2.05) is 25.1 Å². The van der Waals surface area contributed by atoms with Gasteiger partial charge < -0.3 is 14.8 Å². The lowest BCUT2D eigenvalue weighted by atomic mass is 10.1. The molecule has 3 heteroatoms. The molecule has 0 fully saturated rings. The molecule has 1 aromatic rings. The van der Waals surface area contributed by atoms with E-state index in [9.17, 15) is 0 Å². The maximum Gasteiger partial charge on any atom is 0.119 e. The van der Waals surface area contributed by atoms with Crippen molar-refractivity contribution in [1.82, 2.24) is 5.32 Å². The van der Waals surface area contributed by atoms with Crippen LogP contribution in [0.4, 0.5) is 0 Å². The van der Waals surface area contributed by atoms with Crippen LogP contribution in [-0.2, 0) is 11.3 Å². The van der Waals surface area contributed by atoms with Crippen LogP contribution in [0.2, 0.25) is 0 Å². The number of benzene rings is 1. The Bertz CT molecular complexity index is 388. The van der Waals surface area contributed by atoms with Gasteiger partial charge in [-0.3, -0.25) is 0 Å². The van der Waals surface area contributed by atoms with Gasteiger partial charge >= 0.3 is 0 Å². The van der Waals surface area contributed by atoms with Gasteiger partial charge in [-0.25, -0.2) is 0 Å². The van der Waals surface area contributed by atoms with Gasteiger partial charge in [0.15, 0.2) is 0 Å². The molecule has 0 aliphatic heterocycles. The van der Waals surface area contributed by atoms with Gasteiger partial charge in [-0.05, 0) is 43.7 Å². The number of rotatable bonds is 8. The topological polar surface area (TPSA) is 30.5 Å². The van der Waals surface area contributed by atoms with Crippen molar-refractivity contribution in [1.29, 1.82) is 0 Å². The SMILES string of the molecule is C=C(OCC)c1ccc(OC)cc1CNCCC. The van der Waals surface area contributed by atoms with Crippen molar-refractivity contribution >= 4 is 5.76 Å². The molecular weight excluding hydrogens is 226 g/mol. The average Bonchev–Trinajstić information content (AvgIpc) is 2.39. The fourth-order valence-electron chi connectivity index (χ4n) is 1.77. The molecule has 100 valence electrons. The van der Waals surface area contributed by atoms with Crippen LogP contribution in [0, 0.1) is 0 Å². The second-order valence-corrected chi connectivity index (χ2v) is 4.06. The summed E-state index contributed by atoms with van der Waals surface area (Å²) in [6, 6.07) is 5.96. The van der Waals surface area contributed by atoms with Crippen LogP contribution < -0.4 is 10.1 Å². The molecule has 0 amide bonds. The van der Waals surface area contributed by atoms with Crippen molar-refractivity contribution in [3.05, 3.63) is 35.9 Å². The number of hydrogen-bond acceptors (Lipinski definition) is 3. The quantitative estimate of drug-likeness (QED) is 0.567. The van der Waals surface area contributed by atoms with Crippen LogP contribution >= 0.6 is 0 Å². The fraction of sp³-hybridized carbons (Fsp3) is 0.467. The molecular formula is C15H23NO2. The molecule has 0 atom stereocenters. The predicted molar refractivity (Wildman–Crippen MR) is 75.7 cm³/mol. The van der Waals surface area contributed by atoms with E-state index in [-0.39, 0.29) is 0 Å². The molecule has 0 saturated heterocycles. The number of hydrogen-bond donors (Lipinski definition) is 1. The summed E-state index contributed by atoms with van der Waals surface area (Å²) < 4.78 is 10.7. The summed E-state index contributed by atoms with van der Waals surface area (Å²) in [5.41, 5.74) is 2.20. The molecule has 0 aliphatic carbocycles. The largest absolute Gasteiger partial charge is 0.497 e. The maximum atomic E-state index is 5.49. The van der Waals surface area contributed by atoms with E-state index < -0.39 is 0 Å². The predicted octanol–water partition coefficient (Wildman–Crippen LogP) is 3.20. The van der Waals surface area contributed by atoms with Crippen LogP contribution in [0.1, 0.15) is 31.4 Å². The molecule has 1 N–H and O–H groups in total. The monoisotopic (exact) mass is 249 g/mol. The highest BCUT2D eigenvalue weighted by atomic mass is 16.5. The second kappa shape index (κ2) is 7.77. The molecule has 0 aliphatic rings. The molecule has 0 heterocycles. The zero-order valence-corrected chi connectivity index (χ0v) is 11.6. The third-order valence-corrected chi connectivity index (χ3v) is 2.67. The summed E-state index contributed by atoms with van der Waals surface area (Å²) in [6.07, 6.45) is 1.12. The minimum absolute atomic E-state index is 0.632. The van der Waals surface area contributed by atoms with Gasteiger partial charge in [-0.1, -0.05) is 13.5 Å². The molecule has 0 bridgehead atoms. The minimum Gasteiger partial charge on any atom is -0.497 e. The summed E-state index contributed by atoms with van der Waals surface area (Å²) in [7, 11) is 1.68. The molecule has 1 rings (SSSR count). The molecule has 0 radical (unpaired) electrons. The van der Waals surface area contributed by atoms with Crippen LogP contribution in [0.5, 0.6) is 5.75 Å². The summed E-state index contributed by atoms with van der Waals surface area (Å²) in [4.78, 5) is 0. The van der Waals surface area contributed by atoms with E-state index in [2.05, 4.69) is 18.8 Å². The average molecular weight is 249 g/mol.